The highest BCUT2D eigenvalue weighted by Gasteiger charge is 2.33. The van der Waals surface area contributed by atoms with E-state index in [1.165, 1.54) is 11.3 Å². The summed E-state index contributed by atoms with van der Waals surface area (Å²) >= 11 is 0. The number of ether oxygens (including phenoxy) is 1. The van der Waals surface area contributed by atoms with Crippen LogP contribution in [0.1, 0.15) is 76.3 Å². The molecule has 2 aromatic rings. The molecular formula is C30H43N3O5S. The Bertz CT molecular complexity index is 1220. The third-order valence-corrected chi connectivity index (χ3v) is 8.46. The van der Waals surface area contributed by atoms with Crippen molar-refractivity contribution in [1.29, 1.82) is 0 Å². The third kappa shape index (κ3) is 8.21. The fourth-order valence-electron chi connectivity index (χ4n) is 5.23. The van der Waals surface area contributed by atoms with Crippen LogP contribution >= 0.6 is 0 Å². The lowest BCUT2D eigenvalue weighted by Crippen LogP contribution is -2.54. The lowest BCUT2D eigenvalue weighted by molar-refractivity contribution is -0.140. The molecule has 2 aromatic carbocycles. The molecule has 214 valence electrons. The lowest BCUT2D eigenvalue weighted by atomic mass is 9.95. The van der Waals surface area contributed by atoms with Crippen LogP contribution in [0.4, 0.5) is 5.69 Å². The number of hydrogen-bond acceptors (Lipinski definition) is 5. The molecule has 0 radical (unpaired) electrons. The van der Waals surface area contributed by atoms with Gasteiger partial charge in [0, 0.05) is 12.6 Å². The van der Waals surface area contributed by atoms with E-state index in [-0.39, 0.29) is 24.4 Å². The Kier molecular flexibility index (Phi) is 10.8. The Hall–Kier alpha value is -3.07. The van der Waals surface area contributed by atoms with Crippen molar-refractivity contribution < 1.29 is 22.7 Å². The molecule has 0 unspecified atom stereocenters. The van der Waals surface area contributed by atoms with Crippen molar-refractivity contribution in [1.82, 2.24) is 10.2 Å². The predicted octanol–water partition coefficient (Wildman–Crippen LogP) is 4.84. The van der Waals surface area contributed by atoms with Gasteiger partial charge in [0.2, 0.25) is 21.8 Å². The molecule has 0 saturated heterocycles. The molecule has 1 aliphatic carbocycles. The highest BCUT2D eigenvalue weighted by atomic mass is 32.2. The summed E-state index contributed by atoms with van der Waals surface area (Å²) in [5.74, 6) is 0.0582. The monoisotopic (exact) mass is 557 g/mol. The number of benzene rings is 2. The molecule has 1 atom stereocenters. The Morgan fingerprint density at radius 2 is 1.74 bits per heavy atom. The standard InChI is InChI=1S/C30H43N3O5S/c1-6-27(30(35)31-24-14-8-7-9-15-24)32(20-23-13-12-16-25(19-23)38-4)29(34)21-33(39(5,36)37)28-18-11-10-17-26(28)22(2)3/h10-13,16-19,22,24,27H,6-9,14-15,20-21H2,1-5H3,(H,31,35)/t27-/m0/s1. The summed E-state index contributed by atoms with van der Waals surface area (Å²) in [6, 6.07) is 13.9. The van der Waals surface area contributed by atoms with Crippen LogP contribution in [0.25, 0.3) is 0 Å². The molecule has 9 heteroatoms. The van der Waals surface area contributed by atoms with Crippen molar-refractivity contribution in [2.75, 3.05) is 24.2 Å². The SMILES string of the molecule is CC[C@@H](C(=O)NC1CCCCC1)N(Cc1cccc(OC)c1)C(=O)CN(c1ccccc1C(C)C)S(C)(=O)=O. The smallest absolute Gasteiger partial charge is 0.244 e. The van der Waals surface area contributed by atoms with Crippen LogP contribution in [-0.4, -0.2) is 57.1 Å². The van der Waals surface area contributed by atoms with E-state index in [1.54, 1.807) is 19.2 Å². The Morgan fingerprint density at radius 3 is 2.36 bits per heavy atom. The van der Waals surface area contributed by atoms with Gasteiger partial charge in [-0.3, -0.25) is 13.9 Å². The van der Waals surface area contributed by atoms with Gasteiger partial charge < -0.3 is 15.0 Å². The number of carbonyl (C=O) groups excluding carboxylic acids is 2. The number of nitrogens with one attached hydrogen (secondary N) is 1. The molecule has 8 nitrogen and oxygen atoms in total. The molecule has 0 spiro atoms. The Labute approximate surface area is 233 Å². The van der Waals surface area contributed by atoms with Crippen molar-refractivity contribution >= 4 is 27.5 Å². The van der Waals surface area contributed by atoms with Crippen LogP contribution < -0.4 is 14.4 Å². The predicted molar refractivity (Wildman–Crippen MR) is 155 cm³/mol. The van der Waals surface area contributed by atoms with E-state index in [1.807, 2.05) is 57.2 Å². The minimum absolute atomic E-state index is 0.0538. The van der Waals surface area contributed by atoms with Gasteiger partial charge in [-0.25, -0.2) is 8.42 Å². The van der Waals surface area contributed by atoms with Crippen molar-refractivity contribution in [3.63, 3.8) is 0 Å². The second kappa shape index (κ2) is 13.8. The van der Waals surface area contributed by atoms with Crippen molar-refractivity contribution in [3.8, 4) is 5.75 Å². The first-order chi connectivity index (χ1) is 18.5. The summed E-state index contributed by atoms with van der Waals surface area (Å²) in [4.78, 5) is 29.1. The number of sulfonamides is 1. The topological polar surface area (TPSA) is 96.0 Å². The van der Waals surface area contributed by atoms with E-state index in [0.29, 0.717) is 17.9 Å². The molecule has 0 aromatic heterocycles. The normalized spacial score (nSPS) is 15.0. The van der Waals surface area contributed by atoms with E-state index < -0.39 is 28.5 Å². The summed E-state index contributed by atoms with van der Waals surface area (Å²) in [7, 11) is -2.22. The fraction of sp³-hybridized carbons (Fsp3) is 0.533. The number of methoxy groups -OCH3 is 1. The second-order valence-electron chi connectivity index (χ2n) is 10.6. The van der Waals surface area contributed by atoms with Crippen LogP contribution in [0.5, 0.6) is 5.75 Å². The number of amides is 2. The zero-order valence-electron chi connectivity index (χ0n) is 23.9. The molecule has 2 amide bonds. The zero-order valence-corrected chi connectivity index (χ0v) is 24.7. The summed E-state index contributed by atoms with van der Waals surface area (Å²) in [5, 5.41) is 3.16. The molecule has 0 heterocycles. The van der Waals surface area contributed by atoms with Gasteiger partial charge in [-0.1, -0.05) is 70.4 Å². The van der Waals surface area contributed by atoms with Gasteiger partial charge in [-0.2, -0.15) is 0 Å². The molecule has 1 aliphatic rings. The molecule has 39 heavy (non-hydrogen) atoms. The van der Waals surface area contributed by atoms with Gasteiger partial charge in [0.15, 0.2) is 0 Å². The highest BCUT2D eigenvalue weighted by molar-refractivity contribution is 7.92. The van der Waals surface area contributed by atoms with E-state index in [9.17, 15) is 18.0 Å². The first kappa shape index (κ1) is 30.5. The lowest BCUT2D eigenvalue weighted by Gasteiger charge is -2.34. The fourth-order valence-corrected chi connectivity index (χ4v) is 6.10. The zero-order chi connectivity index (χ0) is 28.6. The quantitative estimate of drug-likeness (QED) is 0.403. The Balaban J connectivity index is 1.97. The van der Waals surface area contributed by atoms with Crippen LogP contribution in [0.3, 0.4) is 0 Å². The highest BCUT2D eigenvalue weighted by Crippen LogP contribution is 2.29. The number of nitrogens with zero attached hydrogens (tertiary/aromatic N) is 2. The third-order valence-electron chi connectivity index (χ3n) is 7.33. The van der Waals surface area contributed by atoms with E-state index in [2.05, 4.69) is 5.32 Å². The maximum absolute atomic E-state index is 14.0. The van der Waals surface area contributed by atoms with Gasteiger partial charge in [-0.15, -0.1) is 0 Å². The first-order valence-corrected chi connectivity index (χ1v) is 15.7. The van der Waals surface area contributed by atoms with Crippen LogP contribution in [0, 0.1) is 0 Å². The van der Waals surface area contributed by atoms with Crippen molar-refractivity contribution in [2.24, 2.45) is 0 Å². The Morgan fingerprint density at radius 1 is 1.05 bits per heavy atom. The van der Waals surface area contributed by atoms with Gasteiger partial charge in [0.1, 0.15) is 18.3 Å². The molecule has 1 saturated carbocycles. The minimum atomic E-state index is -3.80. The molecule has 1 N–H and O–H groups in total. The van der Waals surface area contributed by atoms with Gasteiger partial charge >= 0.3 is 0 Å². The van der Waals surface area contributed by atoms with Crippen molar-refractivity contribution in [3.05, 3.63) is 59.7 Å². The first-order valence-electron chi connectivity index (χ1n) is 13.8. The van der Waals surface area contributed by atoms with E-state index in [4.69, 9.17) is 4.74 Å². The van der Waals surface area contributed by atoms with Crippen LogP contribution in [0.2, 0.25) is 0 Å². The van der Waals surface area contributed by atoms with Crippen LogP contribution in [0.15, 0.2) is 48.5 Å². The van der Waals surface area contributed by atoms with Gasteiger partial charge in [0.25, 0.3) is 0 Å². The largest absolute Gasteiger partial charge is 0.497 e. The second-order valence-corrected chi connectivity index (χ2v) is 12.5. The van der Waals surface area contributed by atoms with Gasteiger partial charge in [0.05, 0.1) is 19.1 Å². The summed E-state index contributed by atoms with van der Waals surface area (Å²) in [6.45, 7) is 5.59. The molecule has 0 aliphatic heterocycles. The van der Waals surface area contributed by atoms with E-state index >= 15 is 0 Å². The summed E-state index contributed by atoms with van der Waals surface area (Å²) < 4.78 is 32.5. The van der Waals surface area contributed by atoms with E-state index in [0.717, 1.165) is 47.4 Å². The number of carbonyl (C=O) groups is 2. The maximum Gasteiger partial charge on any atom is 0.244 e. The average Bonchev–Trinajstić information content (AvgIpc) is 2.91. The maximum atomic E-state index is 14.0. The van der Waals surface area contributed by atoms with Gasteiger partial charge in [-0.05, 0) is 54.5 Å². The molecule has 3 rings (SSSR count). The number of rotatable bonds is 12. The average molecular weight is 558 g/mol. The number of anilines is 1. The molecule has 1 fully saturated rings. The minimum Gasteiger partial charge on any atom is -0.497 e. The summed E-state index contributed by atoms with van der Waals surface area (Å²) in [6.07, 6.45) is 6.69. The summed E-state index contributed by atoms with van der Waals surface area (Å²) in [5.41, 5.74) is 2.10. The molecular weight excluding hydrogens is 514 g/mol. The van der Waals surface area contributed by atoms with Crippen molar-refractivity contribution in [2.45, 2.75) is 83.8 Å². The number of hydrogen-bond donors (Lipinski definition) is 1. The van der Waals surface area contributed by atoms with Crippen LogP contribution in [-0.2, 0) is 26.2 Å². The molecule has 0 bridgehead atoms. The number of para-hydroxylation sites is 1.